The minimum Gasteiger partial charge on any atom is -0.363 e. The van der Waals surface area contributed by atoms with E-state index in [2.05, 4.69) is 15.6 Å². The predicted octanol–water partition coefficient (Wildman–Crippen LogP) is 5.11. The third-order valence-electron chi connectivity index (χ3n) is 5.20. The van der Waals surface area contributed by atoms with Crippen LogP contribution in [0.3, 0.4) is 0 Å². The number of pyridine rings is 1. The summed E-state index contributed by atoms with van der Waals surface area (Å²) in [6.45, 7) is 5.11. The molecule has 148 valence electrons. The van der Waals surface area contributed by atoms with E-state index in [-0.39, 0.29) is 17.8 Å². The number of halogens is 1. The number of carbonyl (C=O) groups is 1. The molecule has 0 aliphatic carbocycles. The van der Waals surface area contributed by atoms with Crippen molar-refractivity contribution in [1.29, 1.82) is 0 Å². The van der Waals surface area contributed by atoms with E-state index in [9.17, 15) is 9.18 Å². The summed E-state index contributed by atoms with van der Waals surface area (Å²) in [5.41, 5.74) is 3.64. The number of amides is 1. The quantitative estimate of drug-likeness (QED) is 0.614. The number of rotatable bonds is 6. The monoisotopic (exact) mass is 390 g/mol. The smallest absolute Gasteiger partial charge is 0.254 e. The standard InChI is InChI=1S/C23H23FN4O/c1-3-28-14-19-18(23(28)29)11-12-25-22(19)26-15(2)16-9-10-21(20(24)13-16)27-17-7-5-4-6-8-17/h4-13,15,27H,3,14H2,1-2H3,(H,25,26). The van der Waals surface area contributed by atoms with Crippen LogP contribution in [0.2, 0.25) is 0 Å². The van der Waals surface area contributed by atoms with E-state index in [0.29, 0.717) is 30.2 Å². The molecule has 2 N–H and O–H groups in total. The topological polar surface area (TPSA) is 57.3 Å². The highest BCUT2D eigenvalue weighted by atomic mass is 19.1. The van der Waals surface area contributed by atoms with Gasteiger partial charge in [-0.25, -0.2) is 9.37 Å². The van der Waals surface area contributed by atoms with Gasteiger partial charge in [-0.1, -0.05) is 24.3 Å². The lowest BCUT2D eigenvalue weighted by Gasteiger charge is -2.18. The van der Waals surface area contributed by atoms with Gasteiger partial charge in [-0.05, 0) is 49.7 Å². The molecule has 5 nitrogen and oxygen atoms in total. The minimum atomic E-state index is -0.321. The van der Waals surface area contributed by atoms with Crippen molar-refractivity contribution in [2.75, 3.05) is 17.2 Å². The third-order valence-corrected chi connectivity index (χ3v) is 5.20. The Morgan fingerprint density at radius 1 is 1.17 bits per heavy atom. The van der Waals surface area contributed by atoms with E-state index in [1.54, 1.807) is 23.2 Å². The van der Waals surface area contributed by atoms with Gasteiger partial charge in [0.05, 0.1) is 18.3 Å². The number of hydrogen-bond donors (Lipinski definition) is 2. The number of nitrogens with one attached hydrogen (secondary N) is 2. The predicted molar refractivity (Wildman–Crippen MR) is 113 cm³/mol. The molecule has 0 bridgehead atoms. The van der Waals surface area contributed by atoms with Gasteiger partial charge in [0.15, 0.2) is 0 Å². The number of carbonyl (C=O) groups excluding carboxylic acids is 1. The maximum Gasteiger partial charge on any atom is 0.254 e. The van der Waals surface area contributed by atoms with Gasteiger partial charge in [-0.3, -0.25) is 4.79 Å². The lowest BCUT2D eigenvalue weighted by atomic mass is 10.1. The highest BCUT2D eigenvalue weighted by molar-refractivity contribution is 5.99. The van der Waals surface area contributed by atoms with Gasteiger partial charge in [0.1, 0.15) is 11.6 Å². The first kappa shape index (κ1) is 18.9. The highest BCUT2D eigenvalue weighted by Gasteiger charge is 2.29. The van der Waals surface area contributed by atoms with Crippen molar-refractivity contribution in [3.8, 4) is 0 Å². The Bertz CT molecular complexity index is 1040. The number of aromatic nitrogens is 1. The molecular weight excluding hydrogens is 367 g/mol. The molecule has 0 radical (unpaired) electrons. The molecule has 1 aromatic heterocycles. The molecule has 1 unspecified atom stereocenters. The molecule has 1 aliphatic rings. The minimum absolute atomic E-state index is 0.0305. The van der Waals surface area contributed by atoms with Crippen LogP contribution in [0.25, 0.3) is 0 Å². The van der Waals surface area contributed by atoms with Gasteiger partial charge in [-0.15, -0.1) is 0 Å². The zero-order valence-corrected chi connectivity index (χ0v) is 16.4. The van der Waals surface area contributed by atoms with Gasteiger partial charge in [0, 0.05) is 29.6 Å². The number of hydrogen-bond acceptors (Lipinski definition) is 4. The Labute approximate surface area is 169 Å². The maximum atomic E-state index is 14.6. The summed E-state index contributed by atoms with van der Waals surface area (Å²) in [6, 6.07) is 16.2. The Balaban J connectivity index is 1.52. The number of fused-ring (bicyclic) bond motifs is 1. The number of para-hydroxylation sites is 1. The van der Waals surface area contributed by atoms with Gasteiger partial charge in [0.25, 0.3) is 5.91 Å². The van der Waals surface area contributed by atoms with Crippen LogP contribution in [0.4, 0.5) is 21.6 Å². The van der Waals surface area contributed by atoms with Crippen LogP contribution < -0.4 is 10.6 Å². The molecule has 0 saturated heterocycles. The van der Waals surface area contributed by atoms with Crippen molar-refractivity contribution in [3.05, 3.63) is 83.3 Å². The molecule has 1 atom stereocenters. The normalized spacial score (nSPS) is 13.9. The van der Waals surface area contributed by atoms with Crippen LogP contribution in [0.15, 0.2) is 60.8 Å². The SMILES string of the molecule is CCN1Cc2c(ccnc2NC(C)c2ccc(Nc3ccccc3)c(F)c2)C1=O. The molecule has 1 amide bonds. The maximum absolute atomic E-state index is 14.6. The fourth-order valence-corrected chi connectivity index (χ4v) is 3.53. The molecule has 3 aromatic rings. The van der Waals surface area contributed by atoms with Crippen molar-refractivity contribution in [3.63, 3.8) is 0 Å². The van der Waals surface area contributed by atoms with Crippen LogP contribution in [-0.4, -0.2) is 22.3 Å². The number of nitrogens with zero attached hydrogens (tertiary/aromatic N) is 2. The molecule has 6 heteroatoms. The van der Waals surface area contributed by atoms with Crippen LogP contribution in [0, 0.1) is 5.82 Å². The second-order valence-electron chi connectivity index (χ2n) is 7.10. The number of anilines is 3. The Morgan fingerprint density at radius 3 is 2.69 bits per heavy atom. The van der Waals surface area contributed by atoms with E-state index >= 15 is 0 Å². The molecule has 29 heavy (non-hydrogen) atoms. The lowest BCUT2D eigenvalue weighted by molar-refractivity contribution is 0.0787. The first-order valence-corrected chi connectivity index (χ1v) is 9.72. The van der Waals surface area contributed by atoms with E-state index in [4.69, 9.17) is 0 Å². The molecule has 2 aromatic carbocycles. The van der Waals surface area contributed by atoms with E-state index < -0.39 is 0 Å². The van der Waals surface area contributed by atoms with Gasteiger partial charge in [0.2, 0.25) is 0 Å². The van der Waals surface area contributed by atoms with Crippen LogP contribution in [-0.2, 0) is 6.54 Å². The zero-order chi connectivity index (χ0) is 20.4. The summed E-state index contributed by atoms with van der Waals surface area (Å²) >= 11 is 0. The van der Waals surface area contributed by atoms with Crippen molar-refractivity contribution >= 4 is 23.1 Å². The lowest BCUT2D eigenvalue weighted by Crippen LogP contribution is -2.22. The Morgan fingerprint density at radius 2 is 1.97 bits per heavy atom. The molecule has 0 saturated carbocycles. The second kappa shape index (κ2) is 7.91. The molecule has 0 fully saturated rings. The first-order chi connectivity index (χ1) is 14.1. The largest absolute Gasteiger partial charge is 0.363 e. The van der Waals surface area contributed by atoms with Gasteiger partial charge in [-0.2, -0.15) is 0 Å². The molecule has 2 heterocycles. The fraction of sp³-hybridized carbons (Fsp3) is 0.217. The van der Waals surface area contributed by atoms with Gasteiger partial charge >= 0.3 is 0 Å². The summed E-state index contributed by atoms with van der Waals surface area (Å²) in [4.78, 5) is 18.6. The number of benzene rings is 2. The Hall–Kier alpha value is -3.41. The first-order valence-electron chi connectivity index (χ1n) is 9.72. The van der Waals surface area contributed by atoms with E-state index in [0.717, 1.165) is 16.8 Å². The summed E-state index contributed by atoms with van der Waals surface area (Å²) in [5, 5.41) is 6.43. The fourth-order valence-electron chi connectivity index (χ4n) is 3.53. The van der Waals surface area contributed by atoms with Crippen molar-refractivity contribution < 1.29 is 9.18 Å². The molecule has 1 aliphatic heterocycles. The van der Waals surface area contributed by atoms with Crippen LogP contribution >= 0.6 is 0 Å². The van der Waals surface area contributed by atoms with E-state index in [1.807, 2.05) is 50.2 Å². The highest BCUT2D eigenvalue weighted by Crippen LogP contribution is 2.30. The molecule has 4 rings (SSSR count). The third kappa shape index (κ3) is 3.78. The summed E-state index contributed by atoms with van der Waals surface area (Å²) < 4.78 is 14.6. The van der Waals surface area contributed by atoms with Crippen LogP contribution in [0.1, 0.15) is 41.4 Å². The summed E-state index contributed by atoms with van der Waals surface area (Å²) in [7, 11) is 0. The van der Waals surface area contributed by atoms with Gasteiger partial charge < -0.3 is 15.5 Å². The summed E-state index contributed by atoms with van der Waals surface area (Å²) in [5.74, 6) is 0.382. The molecular formula is C23H23FN4O. The average Bonchev–Trinajstić information content (AvgIpc) is 3.07. The van der Waals surface area contributed by atoms with E-state index in [1.165, 1.54) is 6.07 Å². The summed E-state index contributed by atoms with van der Waals surface area (Å²) in [6.07, 6.45) is 1.64. The van der Waals surface area contributed by atoms with Crippen molar-refractivity contribution in [2.45, 2.75) is 26.4 Å². The average molecular weight is 390 g/mol. The Kier molecular flexibility index (Phi) is 5.16. The molecule has 0 spiro atoms. The van der Waals surface area contributed by atoms with Crippen molar-refractivity contribution in [2.24, 2.45) is 0 Å². The second-order valence-corrected chi connectivity index (χ2v) is 7.10. The van der Waals surface area contributed by atoms with Crippen LogP contribution in [0.5, 0.6) is 0 Å². The zero-order valence-electron chi connectivity index (χ0n) is 16.4. The van der Waals surface area contributed by atoms with Crippen molar-refractivity contribution in [1.82, 2.24) is 9.88 Å².